The third kappa shape index (κ3) is 3.25. The van der Waals surface area contributed by atoms with Crippen LogP contribution in [-0.2, 0) is 10.2 Å². The maximum absolute atomic E-state index is 13.7. The maximum atomic E-state index is 13.7. The summed E-state index contributed by atoms with van der Waals surface area (Å²) >= 11 is 12.5. The summed E-state index contributed by atoms with van der Waals surface area (Å²) in [5, 5.41) is 14.1. The first-order valence-corrected chi connectivity index (χ1v) is 10.7. The number of rotatable bonds is 2. The van der Waals surface area contributed by atoms with Crippen molar-refractivity contribution in [1.29, 1.82) is 0 Å². The molecule has 0 aliphatic carbocycles. The average Bonchev–Trinajstić information content (AvgIpc) is 3.10. The van der Waals surface area contributed by atoms with E-state index in [0.717, 1.165) is 5.56 Å². The van der Waals surface area contributed by atoms with Crippen molar-refractivity contribution in [2.45, 2.75) is 38.6 Å². The Balaban J connectivity index is 2.00. The van der Waals surface area contributed by atoms with Gasteiger partial charge in [-0.2, -0.15) is 0 Å². The number of anilines is 1. The van der Waals surface area contributed by atoms with Gasteiger partial charge in [0.05, 0.1) is 6.04 Å². The molecule has 0 radical (unpaired) electrons. The molecule has 30 heavy (non-hydrogen) atoms. The molecule has 158 valence electrons. The minimum absolute atomic E-state index is 0.0967. The summed E-state index contributed by atoms with van der Waals surface area (Å²) in [6, 6.07) is 11.8. The van der Waals surface area contributed by atoms with Crippen LogP contribution in [0.2, 0.25) is 10.0 Å². The largest absolute Gasteiger partial charge is 0.465 e. The minimum atomic E-state index is -1.06. The second-order valence-corrected chi connectivity index (χ2v) is 10.2. The second-order valence-electron chi connectivity index (χ2n) is 9.37. The number of fused-ring (bicyclic) bond motifs is 2. The highest BCUT2D eigenvalue weighted by atomic mass is 35.5. The van der Waals surface area contributed by atoms with Crippen LogP contribution in [0.5, 0.6) is 0 Å². The number of amides is 2. The summed E-state index contributed by atoms with van der Waals surface area (Å²) in [7, 11) is 0. The van der Waals surface area contributed by atoms with Crippen molar-refractivity contribution in [2.24, 2.45) is 11.3 Å². The zero-order valence-electron chi connectivity index (χ0n) is 17.1. The van der Waals surface area contributed by atoms with Crippen LogP contribution < -0.4 is 5.32 Å². The van der Waals surface area contributed by atoms with E-state index in [2.05, 4.69) is 26.1 Å². The maximum Gasteiger partial charge on any atom is 0.407 e. The highest BCUT2D eigenvalue weighted by molar-refractivity contribution is 6.31. The summed E-state index contributed by atoms with van der Waals surface area (Å²) in [4.78, 5) is 27.4. The highest BCUT2D eigenvalue weighted by Crippen LogP contribution is 2.59. The van der Waals surface area contributed by atoms with Gasteiger partial charge in [0.1, 0.15) is 5.41 Å². The van der Waals surface area contributed by atoms with Crippen molar-refractivity contribution in [3.63, 3.8) is 0 Å². The van der Waals surface area contributed by atoms with Gasteiger partial charge in [0.25, 0.3) is 0 Å². The summed E-state index contributed by atoms with van der Waals surface area (Å²) < 4.78 is 0. The Bertz CT molecular complexity index is 1030. The summed E-state index contributed by atoms with van der Waals surface area (Å²) in [6.45, 7) is 6.58. The Morgan fingerprint density at radius 2 is 1.90 bits per heavy atom. The van der Waals surface area contributed by atoms with Crippen molar-refractivity contribution < 1.29 is 14.7 Å². The average molecular weight is 447 g/mol. The van der Waals surface area contributed by atoms with Gasteiger partial charge in [-0.05, 0) is 53.1 Å². The molecule has 7 heteroatoms. The predicted molar refractivity (Wildman–Crippen MR) is 118 cm³/mol. The first-order valence-electron chi connectivity index (χ1n) is 9.90. The summed E-state index contributed by atoms with van der Waals surface area (Å²) in [6.07, 6.45) is -0.366. The molecular formula is C23H24Cl2N2O3. The molecule has 1 saturated heterocycles. The van der Waals surface area contributed by atoms with Crippen molar-refractivity contribution in [3.8, 4) is 0 Å². The van der Waals surface area contributed by atoms with Gasteiger partial charge in [0, 0.05) is 22.3 Å². The van der Waals surface area contributed by atoms with Crippen LogP contribution in [0.1, 0.15) is 44.4 Å². The lowest BCUT2D eigenvalue weighted by molar-refractivity contribution is -0.123. The lowest BCUT2D eigenvalue weighted by Gasteiger charge is -2.37. The fourth-order valence-corrected chi connectivity index (χ4v) is 5.60. The Kier molecular flexibility index (Phi) is 5.02. The summed E-state index contributed by atoms with van der Waals surface area (Å²) in [5.74, 6) is -0.400. The van der Waals surface area contributed by atoms with E-state index in [9.17, 15) is 14.7 Å². The zero-order valence-corrected chi connectivity index (χ0v) is 18.6. The number of likely N-dealkylation sites (tertiary alicyclic amines) is 1. The SMILES string of the molecule is CC(C)(C)C[C@@H]1CN(C(=O)O)[C@H](c2cccc(Cl)c2)[C@]12C(=O)Nc1cc(Cl)ccc12. The van der Waals surface area contributed by atoms with Gasteiger partial charge in [0.15, 0.2) is 0 Å². The zero-order chi connectivity index (χ0) is 21.8. The lowest BCUT2D eigenvalue weighted by Crippen LogP contribution is -2.46. The molecule has 2 aromatic carbocycles. The molecule has 2 N–H and O–H groups in total. The molecule has 0 saturated carbocycles. The van der Waals surface area contributed by atoms with Crippen LogP contribution >= 0.6 is 23.2 Å². The molecular weight excluding hydrogens is 423 g/mol. The Morgan fingerprint density at radius 3 is 2.53 bits per heavy atom. The van der Waals surface area contributed by atoms with Gasteiger partial charge in [-0.1, -0.05) is 62.2 Å². The van der Waals surface area contributed by atoms with Crippen LogP contribution in [0, 0.1) is 11.3 Å². The molecule has 2 amide bonds. The third-order valence-electron chi connectivity index (χ3n) is 6.12. The van der Waals surface area contributed by atoms with Gasteiger partial charge in [-0.25, -0.2) is 4.79 Å². The number of nitrogens with zero attached hydrogens (tertiary/aromatic N) is 1. The van der Waals surface area contributed by atoms with Gasteiger partial charge in [-0.3, -0.25) is 9.69 Å². The topological polar surface area (TPSA) is 69.6 Å². The van der Waals surface area contributed by atoms with E-state index in [1.54, 1.807) is 30.3 Å². The first-order chi connectivity index (χ1) is 14.0. The van der Waals surface area contributed by atoms with Gasteiger partial charge < -0.3 is 10.4 Å². The highest BCUT2D eigenvalue weighted by Gasteiger charge is 2.65. The molecule has 2 aromatic rings. The Morgan fingerprint density at radius 1 is 1.20 bits per heavy atom. The van der Waals surface area contributed by atoms with Gasteiger partial charge in [0.2, 0.25) is 5.91 Å². The number of benzene rings is 2. The predicted octanol–water partition coefficient (Wildman–Crippen LogP) is 5.97. The van der Waals surface area contributed by atoms with E-state index < -0.39 is 17.6 Å². The number of carbonyl (C=O) groups is 2. The van der Waals surface area contributed by atoms with Crippen LogP contribution in [-0.4, -0.2) is 28.6 Å². The fraction of sp³-hybridized carbons (Fsp3) is 0.391. The molecule has 4 rings (SSSR count). The van der Waals surface area contributed by atoms with Gasteiger partial charge in [-0.15, -0.1) is 0 Å². The molecule has 1 spiro atoms. The van der Waals surface area contributed by atoms with Crippen molar-refractivity contribution in [3.05, 3.63) is 63.6 Å². The third-order valence-corrected chi connectivity index (χ3v) is 6.59. The van der Waals surface area contributed by atoms with Crippen molar-refractivity contribution in [2.75, 3.05) is 11.9 Å². The number of carbonyl (C=O) groups excluding carboxylic acids is 1. The monoisotopic (exact) mass is 446 g/mol. The van der Waals surface area contributed by atoms with Crippen LogP contribution in [0.25, 0.3) is 0 Å². The molecule has 3 atom stereocenters. The molecule has 0 aromatic heterocycles. The Hall–Kier alpha value is -2.24. The summed E-state index contributed by atoms with van der Waals surface area (Å²) in [5.41, 5.74) is 0.987. The lowest BCUT2D eigenvalue weighted by atomic mass is 9.63. The van der Waals surface area contributed by atoms with E-state index in [1.807, 2.05) is 12.1 Å². The standard InChI is InChI=1S/C23H24Cl2N2O3/c1-22(2,3)11-14-12-27(21(29)30)19(13-5-4-6-15(24)9-13)23(14)17-8-7-16(25)10-18(17)26-20(23)28/h4-10,14,19H,11-12H2,1-3H3,(H,26,28)(H,29,30)/t14-,19-,23+/m1/s1. The van der Waals surface area contributed by atoms with Crippen molar-refractivity contribution >= 4 is 40.9 Å². The molecule has 0 unspecified atom stereocenters. The van der Waals surface area contributed by atoms with Gasteiger partial charge >= 0.3 is 6.09 Å². The molecule has 2 heterocycles. The van der Waals surface area contributed by atoms with Crippen LogP contribution in [0.4, 0.5) is 10.5 Å². The van der Waals surface area contributed by atoms with E-state index in [-0.39, 0.29) is 23.8 Å². The fourth-order valence-electron chi connectivity index (χ4n) is 5.23. The molecule has 5 nitrogen and oxygen atoms in total. The van der Waals surface area contributed by atoms with E-state index in [1.165, 1.54) is 4.90 Å². The van der Waals surface area contributed by atoms with E-state index >= 15 is 0 Å². The van der Waals surface area contributed by atoms with E-state index in [4.69, 9.17) is 23.2 Å². The quantitative estimate of drug-likeness (QED) is 0.596. The van der Waals surface area contributed by atoms with Crippen LogP contribution in [0.3, 0.4) is 0 Å². The normalized spacial score (nSPS) is 25.5. The molecule has 2 aliphatic rings. The smallest absolute Gasteiger partial charge is 0.407 e. The van der Waals surface area contributed by atoms with Crippen LogP contribution in [0.15, 0.2) is 42.5 Å². The number of hydrogen-bond donors (Lipinski definition) is 2. The molecule has 2 aliphatic heterocycles. The van der Waals surface area contributed by atoms with Crippen molar-refractivity contribution in [1.82, 2.24) is 4.90 Å². The molecule has 1 fully saturated rings. The molecule has 0 bridgehead atoms. The minimum Gasteiger partial charge on any atom is -0.465 e. The number of nitrogens with one attached hydrogen (secondary N) is 1. The number of carboxylic acid groups (broad SMARTS) is 1. The second kappa shape index (κ2) is 7.17. The van der Waals surface area contributed by atoms with E-state index in [0.29, 0.717) is 27.7 Å². The number of hydrogen-bond acceptors (Lipinski definition) is 2. The number of halogens is 2. The first kappa shape index (κ1) is 21.0. The Labute approximate surface area is 186 Å².